The van der Waals surface area contributed by atoms with Gasteiger partial charge < -0.3 is 5.32 Å². The van der Waals surface area contributed by atoms with Gasteiger partial charge in [0.2, 0.25) is 5.91 Å². The van der Waals surface area contributed by atoms with Gasteiger partial charge >= 0.3 is 0 Å². The summed E-state index contributed by atoms with van der Waals surface area (Å²) >= 11 is 7.18. The smallest absolute Gasteiger partial charge is 0.289 e. The Morgan fingerprint density at radius 1 is 1.12 bits per heavy atom. The number of benzene rings is 3. The molecule has 1 amide bonds. The molecule has 0 radical (unpaired) electrons. The summed E-state index contributed by atoms with van der Waals surface area (Å²) in [7, 11) is 0. The normalized spacial score (nSPS) is 10.6. The Labute approximate surface area is 153 Å². The summed E-state index contributed by atoms with van der Waals surface area (Å²) < 4.78 is 0. The number of carbonyl (C=O) groups excluding carboxylic acids is 1. The highest BCUT2D eigenvalue weighted by molar-refractivity contribution is 8.00. The summed E-state index contributed by atoms with van der Waals surface area (Å²) in [5.74, 6) is -0.0423. The molecule has 0 heterocycles. The van der Waals surface area contributed by atoms with Crippen LogP contribution in [0.25, 0.3) is 10.8 Å². The molecule has 0 aliphatic rings. The predicted molar refractivity (Wildman–Crippen MR) is 101 cm³/mol. The third-order valence-electron chi connectivity index (χ3n) is 3.53. The van der Waals surface area contributed by atoms with Gasteiger partial charge in [-0.05, 0) is 29.0 Å². The van der Waals surface area contributed by atoms with Gasteiger partial charge in [0.05, 0.1) is 10.7 Å². The Hall–Kier alpha value is -2.57. The van der Waals surface area contributed by atoms with Crippen molar-refractivity contribution in [2.75, 3.05) is 11.1 Å². The number of halogens is 1. The van der Waals surface area contributed by atoms with E-state index >= 15 is 0 Å². The fourth-order valence-electron chi connectivity index (χ4n) is 2.39. The molecule has 0 fully saturated rings. The minimum Gasteiger partial charge on any atom is -0.325 e. The second-order valence-corrected chi connectivity index (χ2v) is 6.66. The van der Waals surface area contributed by atoms with Gasteiger partial charge in [-0.3, -0.25) is 14.9 Å². The van der Waals surface area contributed by atoms with E-state index < -0.39 is 4.92 Å². The Kier molecular flexibility index (Phi) is 5.21. The summed E-state index contributed by atoms with van der Waals surface area (Å²) in [6.45, 7) is 0. The van der Waals surface area contributed by atoms with E-state index in [4.69, 9.17) is 11.6 Å². The largest absolute Gasteiger partial charge is 0.325 e. The van der Waals surface area contributed by atoms with Gasteiger partial charge in [-0.2, -0.15) is 0 Å². The van der Waals surface area contributed by atoms with Gasteiger partial charge in [-0.1, -0.05) is 48.0 Å². The summed E-state index contributed by atoms with van der Waals surface area (Å²) in [5.41, 5.74) is 0.112. The molecule has 0 unspecified atom stereocenters. The van der Waals surface area contributed by atoms with E-state index in [9.17, 15) is 14.9 Å². The molecule has 5 nitrogen and oxygen atoms in total. The topological polar surface area (TPSA) is 72.2 Å². The van der Waals surface area contributed by atoms with Gasteiger partial charge in [-0.15, -0.1) is 11.8 Å². The number of nitro benzene ring substituents is 1. The number of nitrogens with zero attached hydrogens (tertiary/aromatic N) is 1. The van der Waals surface area contributed by atoms with Crippen LogP contribution in [0.1, 0.15) is 0 Å². The van der Waals surface area contributed by atoms with E-state index in [1.807, 2.05) is 42.5 Å². The number of hydrogen-bond acceptors (Lipinski definition) is 4. The van der Waals surface area contributed by atoms with Crippen LogP contribution in [0.2, 0.25) is 5.02 Å². The summed E-state index contributed by atoms with van der Waals surface area (Å²) in [4.78, 5) is 23.5. The lowest BCUT2D eigenvalue weighted by atomic mass is 10.1. The quantitative estimate of drug-likeness (QED) is 0.382. The van der Waals surface area contributed by atoms with E-state index in [1.54, 1.807) is 0 Å². The summed E-state index contributed by atoms with van der Waals surface area (Å²) in [6.07, 6.45) is 0. The number of nitro groups is 1. The van der Waals surface area contributed by atoms with Crippen LogP contribution in [0.3, 0.4) is 0 Å². The molecule has 0 atom stereocenters. The third-order valence-corrected chi connectivity index (χ3v) is 4.93. The minimum atomic E-state index is -0.581. The van der Waals surface area contributed by atoms with E-state index in [0.29, 0.717) is 5.69 Å². The van der Waals surface area contributed by atoms with Crippen molar-refractivity contribution < 1.29 is 9.72 Å². The van der Waals surface area contributed by atoms with Crippen LogP contribution in [0.5, 0.6) is 0 Å². The second-order valence-electron chi connectivity index (χ2n) is 5.24. The molecule has 0 aromatic heterocycles. The van der Waals surface area contributed by atoms with Crippen LogP contribution < -0.4 is 5.32 Å². The molecule has 0 spiro atoms. The van der Waals surface area contributed by atoms with Gasteiger partial charge in [0.1, 0.15) is 5.02 Å². The third kappa shape index (κ3) is 4.10. The SMILES string of the molecule is O=C(CSc1cccc2ccccc12)Nc1ccc(Cl)c([N+](=O)[O-])c1. The number of rotatable bonds is 5. The molecule has 0 aliphatic heterocycles. The lowest BCUT2D eigenvalue weighted by molar-refractivity contribution is -0.384. The minimum absolute atomic E-state index is 0.0353. The molecule has 7 heteroatoms. The molecule has 0 bridgehead atoms. The van der Waals surface area contributed by atoms with E-state index in [-0.39, 0.29) is 22.4 Å². The van der Waals surface area contributed by atoms with Crippen LogP contribution in [-0.4, -0.2) is 16.6 Å². The van der Waals surface area contributed by atoms with Crippen molar-refractivity contribution in [1.82, 2.24) is 0 Å². The molecular weight excluding hydrogens is 360 g/mol. The molecule has 0 saturated carbocycles. The lowest BCUT2D eigenvalue weighted by Gasteiger charge is -2.08. The maximum absolute atomic E-state index is 12.2. The van der Waals surface area contributed by atoms with Crippen LogP contribution in [0.15, 0.2) is 65.6 Å². The standard InChI is InChI=1S/C18H13ClN2O3S/c19-15-9-8-13(10-16(15)21(23)24)20-18(22)11-25-17-7-3-5-12-4-1-2-6-14(12)17/h1-10H,11H2,(H,20,22). The van der Waals surface area contributed by atoms with Crippen molar-refractivity contribution in [3.63, 3.8) is 0 Å². The highest BCUT2D eigenvalue weighted by Gasteiger charge is 2.14. The first kappa shape index (κ1) is 17.3. The Morgan fingerprint density at radius 3 is 2.68 bits per heavy atom. The lowest BCUT2D eigenvalue weighted by Crippen LogP contribution is -2.14. The van der Waals surface area contributed by atoms with Gasteiger partial charge in [-0.25, -0.2) is 0 Å². The second kappa shape index (κ2) is 7.55. The molecule has 1 N–H and O–H groups in total. The molecule has 3 rings (SSSR count). The fourth-order valence-corrected chi connectivity index (χ4v) is 3.45. The number of anilines is 1. The van der Waals surface area contributed by atoms with Crippen molar-refractivity contribution in [2.45, 2.75) is 4.90 Å². The first-order valence-corrected chi connectivity index (χ1v) is 8.75. The molecule has 126 valence electrons. The Morgan fingerprint density at radius 2 is 1.88 bits per heavy atom. The number of fused-ring (bicyclic) bond motifs is 1. The summed E-state index contributed by atoms with van der Waals surface area (Å²) in [6, 6.07) is 18.1. The van der Waals surface area contributed by atoms with Crippen molar-refractivity contribution in [1.29, 1.82) is 0 Å². The van der Waals surface area contributed by atoms with Crippen molar-refractivity contribution >= 4 is 51.4 Å². The van der Waals surface area contributed by atoms with Crippen LogP contribution in [-0.2, 0) is 4.79 Å². The number of amides is 1. The van der Waals surface area contributed by atoms with E-state index in [1.165, 1.54) is 30.0 Å². The number of hydrogen-bond donors (Lipinski definition) is 1. The van der Waals surface area contributed by atoms with E-state index in [0.717, 1.165) is 15.7 Å². The maximum Gasteiger partial charge on any atom is 0.289 e. The zero-order valence-corrected chi connectivity index (χ0v) is 14.5. The number of thioether (sulfide) groups is 1. The predicted octanol–water partition coefficient (Wildman–Crippen LogP) is 5.13. The number of carbonyl (C=O) groups is 1. The Bertz CT molecular complexity index is 957. The highest BCUT2D eigenvalue weighted by atomic mass is 35.5. The summed E-state index contributed by atoms with van der Waals surface area (Å²) in [5, 5.41) is 15.8. The van der Waals surface area contributed by atoms with Crippen LogP contribution in [0, 0.1) is 10.1 Å². The molecule has 3 aromatic rings. The zero-order chi connectivity index (χ0) is 17.8. The molecule has 0 saturated heterocycles. The average molecular weight is 373 g/mol. The first-order chi connectivity index (χ1) is 12.0. The van der Waals surface area contributed by atoms with Crippen LogP contribution in [0.4, 0.5) is 11.4 Å². The van der Waals surface area contributed by atoms with E-state index in [2.05, 4.69) is 5.32 Å². The fraction of sp³-hybridized carbons (Fsp3) is 0.0556. The average Bonchev–Trinajstić information content (AvgIpc) is 2.61. The molecule has 3 aromatic carbocycles. The first-order valence-electron chi connectivity index (χ1n) is 7.39. The van der Waals surface area contributed by atoms with Crippen molar-refractivity contribution in [3.05, 3.63) is 75.8 Å². The molecule has 0 aliphatic carbocycles. The number of nitrogens with one attached hydrogen (secondary N) is 1. The highest BCUT2D eigenvalue weighted by Crippen LogP contribution is 2.29. The van der Waals surface area contributed by atoms with Gasteiger partial charge in [0.25, 0.3) is 5.69 Å². The van der Waals surface area contributed by atoms with Gasteiger partial charge in [0.15, 0.2) is 0 Å². The zero-order valence-electron chi connectivity index (χ0n) is 12.9. The molecular formula is C18H13ClN2O3S. The maximum atomic E-state index is 12.2. The monoisotopic (exact) mass is 372 g/mol. The van der Waals surface area contributed by atoms with Crippen molar-refractivity contribution in [3.8, 4) is 0 Å². The van der Waals surface area contributed by atoms with Gasteiger partial charge in [0, 0.05) is 16.6 Å². The Balaban J connectivity index is 1.69. The van der Waals surface area contributed by atoms with Crippen molar-refractivity contribution in [2.24, 2.45) is 0 Å². The van der Waals surface area contributed by atoms with Crippen LogP contribution >= 0.6 is 23.4 Å². The molecule has 25 heavy (non-hydrogen) atoms.